The van der Waals surface area contributed by atoms with Crippen molar-refractivity contribution in [1.82, 2.24) is 0 Å². The molecule has 0 aliphatic rings. The first-order chi connectivity index (χ1) is 10.6. The lowest BCUT2D eigenvalue weighted by molar-refractivity contribution is 0.102. The molecule has 0 radical (unpaired) electrons. The molecule has 22 heavy (non-hydrogen) atoms. The number of nitrogens with one attached hydrogen (secondary N) is 1. The molecule has 0 aliphatic carbocycles. The summed E-state index contributed by atoms with van der Waals surface area (Å²) in [6, 6.07) is 12.5. The van der Waals surface area contributed by atoms with E-state index in [0.717, 1.165) is 17.3 Å². The molecule has 0 fully saturated rings. The van der Waals surface area contributed by atoms with Crippen molar-refractivity contribution < 1.29 is 9.53 Å². The molecule has 5 heteroatoms. The number of unbranched alkanes of at least 4 members (excludes halogenated alkanes) is 1. The minimum Gasteiger partial charge on any atom is -0.493 e. The zero-order valence-electron chi connectivity index (χ0n) is 12.2. The Balaban J connectivity index is 2.13. The van der Waals surface area contributed by atoms with E-state index in [1.807, 2.05) is 12.1 Å². The van der Waals surface area contributed by atoms with Crippen molar-refractivity contribution in [2.75, 3.05) is 11.9 Å². The summed E-state index contributed by atoms with van der Waals surface area (Å²) in [6.07, 6.45) is 2.00. The Hall–Kier alpha value is -1.52. The van der Waals surface area contributed by atoms with Crippen LogP contribution in [-0.2, 0) is 0 Å². The van der Waals surface area contributed by atoms with Crippen LogP contribution in [0.2, 0.25) is 5.02 Å². The Bertz CT molecular complexity index is 661. The van der Waals surface area contributed by atoms with Crippen molar-refractivity contribution >= 4 is 39.1 Å². The second kappa shape index (κ2) is 8.20. The Kier molecular flexibility index (Phi) is 6.28. The normalized spacial score (nSPS) is 10.3. The first-order valence-electron chi connectivity index (χ1n) is 7.10. The Morgan fingerprint density at radius 3 is 2.77 bits per heavy atom. The van der Waals surface area contributed by atoms with Gasteiger partial charge in [-0.2, -0.15) is 0 Å². The summed E-state index contributed by atoms with van der Waals surface area (Å²) in [5.74, 6) is 0.377. The van der Waals surface area contributed by atoms with E-state index < -0.39 is 0 Å². The minimum absolute atomic E-state index is 0.217. The molecule has 116 valence electrons. The maximum Gasteiger partial charge on any atom is 0.259 e. The maximum absolute atomic E-state index is 12.4. The number of hydrogen-bond donors (Lipinski definition) is 1. The molecule has 1 N–H and O–H groups in total. The van der Waals surface area contributed by atoms with Gasteiger partial charge in [-0.05, 0) is 52.7 Å². The van der Waals surface area contributed by atoms with E-state index in [-0.39, 0.29) is 5.91 Å². The lowest BCUT2D eigenvalue weighted by atomic mass is 10.2. The molecule has 1 amide bonds. The van der Waals surface area contributed by atoms with Gasteiger partial charge in [0, 0.05) is 10.2 Å². The third-order valence-corrected chi connectivity index (χ3v) is 4.30. The summed E-state index contributed by atoms with van der Waals surface area (Å²) in [5.41, 5.74) is 1.15. The maximum atomic E-state index is 12.4. The van der Waals surface area contributed by atoms with Gasteiger partial charge in [0.05, 0.1) is 17.2 Å². The van der Waals surface area contributed by atoms with Crippen LogP contribution in [0.15, 0.2) is 46.9 Å². The van der Waals surface area contributed by atoms with Gasteiger partial charge < -0.3 is 10.1 Å². The van der Waals surface area contributed by atoms with E-state index in [9.17, 15) is 4.79 Å². The van der Waals surface area contributed by atoms with Crippen molar-refractivity contribution in [2.24, 2.45) is 0 Å². The number of amides is 1. The number of halogens is 2. The third-order valence-electron chi connectivity index (χ3n) is 3.06. The molecule has 0 atom stereocenters. The quantitative estimate of drug-likeness (QED) is 0.667. The van der Waals surface area contributed by atoms with Gasteiger partial charge in [-0.15, -0.1) is 0 Å². The SMILES string of the molecule is CCCCOc1ccccc1C(=O)Nc1ccc(Br)c(Cl)c1. The number of ether oxygens (including phenoxy) is 1. The standard InChI is InChI=1S/C17H17BrClNO2/c1-2-3-10-22-16-7-5-4-6-13(16)17(21)20-12-8-9-14(18)15(19)11-12/h4-9,11H,2-3,10H2,1H3,(H,20,21). The van der Waals surface area contributed by atoms with Crippen LogP contribution in [0, 0.1) is 0 Å². The van der Waals surface area contributed by atoms with Crippen LogP contribution in [0.4, 0.5) is 5.69 Å². The summed E-state index contributed by atoms with van der Waals surface area (Å²) in [4.78, 5) is 12.4. The van der Waals surface area contributed by atoms with Gasteiger partial charge in [-0.3, -0.25) is 4.79 Å². The zero-order chi connectivity index (χ0) is 15.9. The molecule has 0 bridgehead atoms. The van der Waals surface area contributed by atoms with Crippen LogP contribution in [0.1, 0.15) is 30.1 Å². The smallest absolute Gasteiger partial charge is 0.259 e. The topological polar surface area (TPSA) is 38.3 Å². The molecule has 0 saturated heterocycles. The van der Waals surface area contributed by atoms with E-state index in [0.29, 0.717) is 28.6 Å². The fraction of sp³-hybridized carbons (Fsp3) is 0.235. The fourth-order valence-electron chi connectivity index (χ4n) is 1.88. The number of hydrogen-bond acceptors (Lipinski definition) is 2. The van der Waals surface area contributed by atoms with Crippen LogP contribution in [-0.4, -0.2) is 12.5 Å². The largest absolute Gasteiger partial charge is 0.493 e. The van der Waals surface area contributed by atoms with Gasteiger partial charge >= 0.3 is 0 Å². The van der Waals surface area contributed by atoms with Gasteiger partial charge in [0.2, 0.25) is 0 Å². The van der Waals surface area contributed by atoms with E-state index in [2.05, 4.69) is 28.2 Å². The van der Waals surface area contributed by atoms with Crippen molar-refractivity contribution in [3.63, 3.8) is 0 Å². The van der Waals surface area contributed by atoms with E-state index in [1.165, 1.54) is 0 Å². The molecule has 0 heterocycles. The molecule has 0 spiro atoms. The molecule has 0 aromatic heterocycles. The number of carbonyl (C=O) groups is 1. The minimum atomic E-state index is -0.217. The number of anilines is 1. The van der Waals surface area contributed by atoms with Crippen molar-refractivity contribution in [2.45, 2.75) is 19.8 Å². The summed E-state index contributed by atoms with van der Waals surface area (Å²) in [5, 5.41) is 3.38. The summed E-state index contributed by atoms with van der Waals surface area (Å²) in [7, 11) is 0. The number of para-hydroxylation sites is 1. The lowest BCUT2D eigenvalue weighted by Crippen LogP contribution is -2.14. The Labute approximate surface area is 143 Å². The average molecular weight is 383 g/mol. The first-order valence-corrected chi connectivity index (χ1v) is 8.27. The second-order valence-electron chi connectivity index (χ2n) is 4.78. The van der Waals surface area contributed by atoms with Crippen LogP contribution in [0.5, 0.6) is 5.75 Å². The van der Waals surface area contributed by atoms with Crippen LogP contribution in [0.25, 0.3) is 0 Å². The van der Waals surface area contributed by atoms with Crippen LogP contribution < -0.4 is 10.1 Å². The van der Waals surface area contributed by atoms with E-state index >= 15 is 0 Å². The van der Waals surface area contributed by atoms with E-state index in [1.54, 1.807) is 30.3 Å². The van der Waals surface area contributed by atoms with Gasteiger partial charge in [0.15, 0.2) is 0 Å². The molecule has 2 aromatic carbocycles. The zero-order valence-corrected chi connectivity index (χ0v) is 14.6. The van der Waals surface area contributed by atoms with Gasteiger partial charge in [0.25, 0.3) is 5.91 Å². The predicted molar refractivity (Wildman–Crippen MR) is 94.0 cm³/mol. The summed E-state index contributed by atoms with van der Waals surface area (Å²) < 4.78 is 6.47. The van der Waals surface area contributed by atoms with Crippen molar-refractivity contribution in [3.8, 4) is 5.75 Å². The van der Waals surface area contributed by atoms with E-state index in [4.69, 9.17) is 16.3 Å². The highest BCUT2D eigenvalue weighted by Gasteiger charge is 2.12. The molecular formula is C17H17BrClNO2. The highest BCUT2D eigenvalue weighted by Crippen LogP contribution is 2.26. The molecule has 0 unspecified atom stereocenters. The molecule has 2 rings (SSSR count). The number of rotatable bonds is 6. The summed E-state index contributed by atoms with van der Waals surface area (Å²) in [6.45, 7) is 2.70. The summed E-state index contributed by atoms with van der Waals surface area (Å²) >= 11 is 9.36. The Morgan fingerprint density at radius 1 is 1.27 bits per heavy atom. The molecule has 0 saturated carbocycles. The van der Waals surface area contributed by atoms with Crippen molar-refractivity contribution in [3.05, 3.63) is 57.5 Å². The third kappa shape index (κ3) is 4.49. The average Bonchev–Trinajstić information content (AvgIpc) is 2.51. The second-order valence-corrected chi connectivity index (χ2v) is 6.04. The number of carbonyl (C=O) groups excluding carboxylic acids is 1. The molecule has 2 aromatic rings. The Morgan fingerprint density at radius 2 is 2.05 bits per heavy atom. The van der Waals surface area contributed by atoms with Crippen LogP contribution >= 0.6 is 27.5 Å². The van der Waals surface area contributed by atoms with Crippen LogP contribution in [0.3, 0.4) is 0 Å². The van der Waals surface area contributed by atoms with Crippen molar-refractivity contribution in [1.29, 1.82) is 0 Å². The predicted octanol–water partition coefficient (Wildman–Crippen LogP) is 5.53. The van der Waals surface area contributed by atoms with Gasteiger partial charge in [-0.1, -0.05) is 37.1 Å². The van der Waals surface area contributed by atoms with Gasteiger partial charge in [-0.25, -0.2) is 0 Å². The highest BCUT2D eigenvalue weighted by molar-refractivity contribution is 9.10. The highest BCUT2D eigenvalue weighted by atomic mass is 79.9. The van der Waals surface area contributed by atoms with Gasteiger partial charge in [0.1, 0.15) is 5.75 Å². The fourth-order valence-corrected chi connectivity index (χ4v) is 2.31. The lowest BCUT2D eigenvalue weighted by Gasteiger charge is -2.11. The number of benzene rings is 2. The molecular weight excluding hydrogens is 366 g/mol. The molecule has 0 aliphatic heterocycles. The molecule has 3 nitrogen and oxygen atoms in total. The monoisotopic (exact) mass is 381 g/mol. The first kappa shape index (κ1) is 16.8.